The number of rotatable bonds is 10. The number of para-hydroxylation sites is 1. The summed E-state index contributed by atoms with van der Waals surface area (Å²) in [6.07, 6.45) is 8.89. The van der Waals surface area contributed by atoms with Crippen molar-refractivity contribution in [1.82, 2.24) is 19.4 Å². The van der Waals surface area contributed by atoms with Crippen molar-refractivity contribution in [3.8, 4) is 5.75 Å². The summed E-state index contributed by atoms with van der Waals surface area (Å²) in [5.74, 6) is 4.01. The van der Waals surface area contributed by atoms with E-state index in [1.165, 1.54) is 11.3 Å². The third kappa shape index (κ3) is 8.88. The van der Waals surface area contributed by atoms with Gasteiger partial charge < -0.3 is 19.9 Å². The van der Waals surface area contributed by atoms with Crippen molar-refractivity contribution in [2.24, 2.45) is 5.92 Å². The quantitative estimate of drug-likeness (QED) is 0.361. The molecule has 1 aromatic heterocycles. The molecule has 12 heteroatoms. The van der Waals surface area contributed by atoms with E-state index >= 15 is 0 Å². The first kappa shape index (κ1) is 33.9. The molecular formula is C33H45ClN4O5S2. The zero-order valence-corrected chi connectivity index (χ0v) is 28.4. The number of hydrogen-bond donors (Lipinski definition) is 1. The fourth-order valence-electron chi connectivity index (χ4n) is 6.75. The summed E-state index contributed by atoms with van der Waals surface area (Å²) in [5.41, 5.74) is 0. The van der Waals surface area contributed by atoms with Crippen LogP contribution in [0.3, 0.4) is 0 Å². The van der Waals surface area contributed by atoms with E-state index in [1.54, 1.807) is 46.8 Å². The number of thiophene rings is 1. The van der Waals surface area contributed by atoms with Crippen LogP contribution in [0.15, 0.2) is 41.8 Å². The highest BCUT2D eigenvalue weighted by Gasteiger charge is 2.43. The minimum Gasteiger partial charge on any atom is -0.409 e. The zero-order chi connectivity index (χ0) is 32.0. The fourth-order valence-corrected chi connectivity index (χ4v) is 8.61. The molecule has 45 heavy (non-hydrogen) atoms. The molecule has 2 amide bonds. The Hall–Kier alpha value is -2.44. The highest BCUT2D eigenvalue weighted by Crippen LogP contribution is 2.29. The number of benzene rings is 1. The van der Waals surface area contributed by atoms with Crippen LogP contribution in [0.25, 0.3) is 0 Å². The molecule has 0 bridgehead atoms. The van der Waals surface area contributed by atoms with Crippen molar-refractivity contribution in [1.29, 1.82) is 0 Å². The second-order valence-electron chi connectivity index (χ2n) is 12.5. The Morgan fingerprint density at radius 1 is 1.04 bits per heavy atom. The number of piperazine rings is 1. The SMILES string of the molecule is C=S(C)(=O)N1CCC([C@@H](NC2CCCCC2)C(=O)N2CCN(C(=O)Oc3ccccc3Cl)C[C@H]2C(=O)CCc2cccs2)CC1. The Bertz CT molecular complexity index is 1420. The Balaban J connectivity index is 1.35. The predicted octanol–water partition coefficient (Wildman–Crippen LogP) is 4.88. The summed E-state index contributed by atoms with van der Waals surface area (Å²) in [6, 6.07) is 9.75. The molecule has 2 aliphatic heterocycles. The van der Waals surface area contributed by atoms with Gasteiger partial charge in [0.05, 0.1) is 17.6 Å². The van der Waals surface area contributed by atoms with E-state index < -0.39 is 27.9 Å². The molecule has 3 heterocycles. The smallest absolute Gasteiger partial charge is 0.409 e. The Labute approximate surface area is 276 Å². The van der Waals surface area contributed by atoms with Gasteiger partial charge in [-0.2, -0.15) is 0 Å². The maximum Gasteiger partial charge on any atom is 0.415 e. The second-order valence-corrected chi connectivity index (χ2v) is 16.4. The van der Waals surface area contributed by atoms with E-state index in [0.717, 1.165) is 43.4 Å². The van der Waals surface area contributed by atoms with Gasteiger partial charge in [0.1, 0.15) is 6.04 Å². The lowest BCUT2D eigenvalue weighted by atomic mass is 9.86. The third-order valence-corrected chi connectivity index (χ3v) is 12.0. The molecule has 5 rings (SSSR count). The molecule has 0 radical (unpaired) electrons. The van der Waals surface area contributed by atoms with Crippen molar-refractivity contribution in [3.05, 3.63) is 51.7 Å². The highest BCUT2D eigenvalue weighted by molar-refractivity contribution is 7.97. The normalized spacial score (nSPS) is 22.5. The maximum atomic E-state index is 14.6. The van der Waals surface area contributed by atoms with Gasteiger partial charge in [0.2, 0.25) is 5.91 Å². The van der Waals surface area contributed by atoms with Gasteiger partial charge in [0.15, 0.2) is 11.5 Å². The number of amides is 2. The number of hydrogen-bond acceptors (Lipinski definition) is 7. The predicted molar refractivity (Wildman–Crippen MR) is 181 cm³/mol. The van der Waals surface area contributed by atoms with E-state index in [-0.39, 0.29) is 55.5 Å². The molecule has 1 N–H and O–H groups in total. The van der Waals surface area contributed by atoms with Crippen LogP contribution in [0, 0.1) is 5.92 Å². The zero-order valence-electron chi connectivity index (χ0n) is 26.0. The molecular weight excluding hydrogens is 632 g/mol. The fraction of sp³-hybridized carbons (Fsp3) is 0.576. The lowest BCUT2D eigenvalue weighted by molar-refractivity contribution is -0.146. The minimum absolute atomic E-state index is 0.0440. The maximum absolute atomic E-state index is 14.6. The van der Waals surface area contributed by atoms with Gasteiger partial charge in [-0.25, -0.2) is 9.10 Å². The van der Waals surface area contributed by atoms with Crippen LogP contribution >= 0.6 is 22.9 Å². The van der Waals surface area contributed by atoms with E-state index in [1.807, 2.05) is 21.8 Å². The van der Waals surface area contributed by atoms with Crippen molar-refractivity contribution >= 4 is 56.3 Å². The van der Waals surface area contributed by atoms with Gasteiger partial charge >= 0.3 is 6.09 Å². The number of nitrogens with one attached hydrogen (secondary N) is 1. The summed E-state index contributed by atoms with van der Waals surface area (Å²) in [5, 5.41) is 6.05. The van der Waals surface area contributed by atoms with Gasteiger partial charge in [-0.1, -0.05) is 49.1 Å². The van der Waals surface area contributed by atoms with Crippen molar-refractivity contribution < 1.29 is 23.3 Å². The van der Waals surface area contributed by atoms with E-state index in [2.05, 4.69) is 11.2 Å². The number of carbonyl (C=O) groups excluding carboxylic acids is 3. The number of carbonyl (C=O) groups is 3. The van der Waals surface area contributed by atoms with Crippen LogP contribution in [0.5, 0.6) is 5.75 Å². The topological polar surface area (TPSA) is 99.3 Å². The van der Waals surface area contributed by atoms with Crippen LogP contribution in [0.4, 0.5) is 4.79 Å². The summed E-state index contributed by atoms with van der Waals surface area (Å²) in [6.45, 7) is 1.77. The summed E-state index contributed by atoms with van der Waals surface area (Å²) < 4.78 is 20.2. The van der Waals surface area contributed by atoms with Gasteiger partial charge in [-0.15, -0.1) is 11.3 Å². The summed E-state index contributed by atoms with van der Waals surface area (Å²) in [4.78, 5) is 46.0. The van der Waals surface area contributed by atoms with Crippen LogP contribution in [0.1, 0.15) is 56.2 Å². The largest absolute Gasteiger partial charge is 0.415 e. The molecule has 1 saturated carbocycles. The molecule has 9 nitrogen and oxygen atoms in total. The average molecular weight is 677 g/mol. The molecule has 2 saturated heterocycles. The monoisotopic (exact) mass is 676 g/mol. The summed E-state index contributed by atoms with van der Waals surface area (Å²) in [7, 11) is -2.31. The van der Waals surface area contributed by atoms with Gasteiger partial charge in [-0.05, 0) is 67.5 Å². The van der Waals surface area contributed by atoms with Crippen LogP contribution in [-0.4, -0.2) is 99.1 Å². The van der Waals surface area contributed by atoms with Crippen molar-refractivity contribution in [3.63, 3.8) is 0 Å². The number of nitrogens with zero attached hydrogens (tertiary/aromatic N) is 3. The number of piperidine rings is 1. The van der Waals surface area contributed by atoms with E-state index in [4.69, 9.17) is 16.3 Å². The van der Waals surface area contributed by atoms with Crippen LogP contribution < -0.4 is 10.1 Å². The van der Waals surface area contributed by atoms with Crippen molar-refractivity contribution in [2.75, 3.05) is 39.0 Å². The Kier molecular flexibility index (Phi) is 11.6. The van der Waals surface area contributed by atoms with Crippen LogP contribution in [0.2, 0.25) is 5.02 Å². The van der Waals surface area contributed by atoms with E-state index in [9.17, 15) is 18.6 Å². The van der Waals surface area contributed by atoms with Gasteiger partial charge in [0, 0.05) is 59.5 Å². The molecule has 1 unspecified atom stereocenters. The van der Waals surface area contributed by atoms with Crippen molar-refractivity contribution in [2.45, 2.75) is 75.9 Å². The minimum atomic E-state index is -2.31. The summed E-state index contributed by atoms with van der Waals surface area (Å²) >= 11 is 7.84. The lowest BCUT2D eigenvalue weighted by Crippen LogP contribution is -2.64. The number of ketones is 1. The lowest BCUT2D eigenvalue weighted by Gasteiger charge is -2.44. The van der Waals surface area contributed by atoms with Gasteiger partial charge in [0.25, 0.3) is 0 Å². The second kappa shape index (κ2) is 15.4. The first-order valence-corrected chi connectivity index (χ1v) is 19.4. The Morgan fingerprint density at radius 2 is 1.78 bits per heavy atom. The third-order valence-electron chi connectivity index (χ3n) is 9.33. The number of aryl methyl sites for hydroxylation is 1. The van der Waals surface area contributed by atoms with Crippen LogP contribution in [-0.2, 0) is 25.7 Å². The molecule has 3 atom stereocenters. The number of ether oxygens (including phenoxy) is 1. The standard InChI is InChI=1S/C33H45ClN4O5S2/c1-45(2,42)37-18-16-24(17-19-37)31(35-25-9-4-3-5-10-25)32(40)38-21-20-36(33(41)43-30-13-7-6-12-27(30)34)23-28(38)29(39)15-14-26-11-8-22-44-26/h6-8,11-13,22,24-25,28,31,35H,1,3-5,9-10,14-21,23H2,2H3/t28-,31+,45?/m0/s1. The van der Waals surface area contributed by atoms with E-state index in [0.29, 0.717) is 24.5 Å². The van der Waals surface area contributed by atoms with Gasteiger partial charge in [-0.3, -0.25) is 13.8 Å². The molecule has 246 valence electrons. The molecule has 1 aromatic carbocycles. The molecule has 2 aromatic rings. The highest BCUT2D eigenvalue weighted by atomic mass is 35.5. The molecule has 3 fully saturated rings. The average Bonchev–Trinajstić information content (AvgIpc) is 3.57. The Morgan fingerprint density at radius 3 is 2.44 bits per heavy atom. The molecule has 3 aliphatic rings. The number of Topliss-reactive ketones (excluding diaryl/α,β-unsaturated/α-hetero) is 1. The first-order chi connectivity index (χ1) is 21.6. The first-order valence-electron chi connectivity index (χ1n) is 16.0. The molecule has 0 spiro atoms. The number of halogens is 1. The molecule has 1 aliphatic carbocycles.